The van der Waals surface area contributed by atoms with Gasteiger partial charge in [0.25, 0.3) is 0 Å². The molecule has 0 spiro atoms. The molecule has 1 N–H and O–H groups in total. The zero-order valence-corrected chi connectivity index (χ0v) is 11.8. The number of benzene rings is 1. The first-order valence-corrected chi connectivity index (χ1v) is 6.60. The maximum absolute atomic E-state index is 13.9. The zero-order chi connectivity index (χ0) is 14.0. The normalized spacial score (nSPS) is 11.3. The highest BCUT2D eigenvalue weighted by molar-refractivity contribution is 5.47. The molecule has 0 aliphatic rings. The van der Waals surface area contributed by atoms with E-state index in [4.69, 9.17) is 0 Å². The number of hydrogen-bond acceptors (Lipinski definition) is 2. The largest absolute Gasteiger partial charge is 0.368 e. The van der Waals surface area contributed by atoms with Gasteiger partial charge in [-0.05, 0) is 31.9 Å². The Morgan fingerprint density at radius 1 is 1.16 bits per heavy atom. The molecule has 3 nitrogen and oxygen atoms in total. The van der Waals surface area contributed by atoms with Crippen LogP contribution in [0.25, 0.3) is 5.69 Å². The third kappa shape index (κ3) is 2.95. The fourth-order valence-electron chi connectivity index (χ4n) is 1.89. The summed E-state index contributed by atoms with van der Waals surface area (Å²) in [5, 5.41) is 7.82. The van der Waals surface area contributed by atoms with E-state index in [2.05, 4.69) is 24.3 Å². The Morgan fingerprint density at radius 3 is 2.42 bits per heavy atom. The van der Waals surface area contributed by atoms with E-state index in [9.17, 15) is 4.39 Å². The fourth-order valence-corrected chi connectivity index (χ4v) is 1.89. The van der Waals surface area contributed by atoms with Crippen LogP contribution in [0.15, 0.2) is 30.3 Å². The van der Waals surface area contributed by atoms with Crippen molar-refractivity contribution in [2.75, 3.05) is 5.32 Å². The second-order valence-corrected chi connectivity index (χ2v) is 5.27. The van der Waals surface area contributed by atoms with Gasteiger partial charge in [0.15, 0.2) is 0 Å². The summed E-state index contributed by atoms with van der Waals surface area (Å²) in [5.74, 6) is 0.859. The molecular weight excluding hydrogens is 241 g/mol. The molecule has 1 aromatic carbocycles. The minimum atomic E-state index is -0.271. The number of rotatable bonds is 4. The number of halogens is 1. The highest BCUT2D eigenvalue weighted by Gasteiger charge is 2.14. The lowest BCUT2D eigenvalue weighted by Gasteiger charge is -2.12. The molecule has 0 aliphatic heterocycles. The lowest BCUT2D eigenvalue weighted by atomic mass is 10.1. The zero-order valence-electron chi connectivity index (χ0n) is 11.8. The lowest BCUT2D eigenvalue weighted by Crippen LogP contribution is -2.14. The fraction of sp³-hybridized carbons (Fsp3) is 0.400. The Hall–Kier alpha value is -1.84. The van der Waals surface area contributed by atoms with Crippen molar-refractivity contribution in [3.05, 3.63) is 41.8 Å². The first-order chi connectivity index (χ1) is 8.99. The molecule has 2 rings (SSSR count). The number of hydrogen-bond donors (Lipinski definition) is 1. The van der Waals surface area contributed by atoms with Crippen LogP contribution in [-0.4, -0.2) is 15.8 Å². The smallest absolute Gasteiger partial charge is 0.148 e. The van der Waals surface area contributed by atoms with E-state index in [1.807, 2.05) is 26.0 Å². The molecule has 2 aromatic rings. The summed E-state index contributed by atoms with van der Waals surface area (Å²) < 4.78 is 15.6. The summed E-state index contributed by atoms with van der Waals surface area (Å²) in [4.78, 5) is 0. The van der Waals surface area contributed by atoms with E-state index < -0.39 is 0 Å². The summed E-state index contributed by atoms with van der Waals surface area (Å²) in [6, 6.07) is 8.93. The van der Waals surface area contributed by atoms with Gasteiger partial charge in [-0.1, -0.05) is 26.0 Å². The highest BCUT2D eigenvalue weighted by Crippen LogP contribution is 2.23. The van der Waals surface area contributed by atoms with E-state index in [0.717, 1.165) is 11.5 Å². The Balaban J connectivity index is 2.51. The van der Waals surface area contributed by atoms with Crippen molar-refractivity contribution < 1.29 is 4.39 Å². The maximum Gasteiger partial charge on any atom is 0.148 e. The van der Waals surface area contributed by atoms with E-state index in [1.165, 1.54) is 6.07 Å². The second kappa shape index (κ2) is 5.43. The number of anilines is 1. The average molecular weight is 261 g/mol. The van der Waals surface area contributed by atoms with Crippen molar-refractivity contribution in [3.63, 3.8) is 0 Å². The molecule has 0 bridgehead atoms. The predicted molar refractivity (Wildman–Crippen MR) is 76.4 cm³/mol. The first kappa shape index (κ1) is 13.6. The molecular formula is C15H20FN3. The van der Waals surface area contributed by atoms with Crippen molar-refractivity contribution in [2.24, 2.45) is 0 Å². The topological polar surface area (TPSA) is 29.9 Å². The van der Waals surface area contributed by atoms with Gasteiger partial charge in [0, 0.05) is 12.1 Å². The maximum atomic E-state index is 13.9. The Labute approximate surface area is 113 Å². The van der Waals surface area contributed by atoms with Crippen LogP contribution in [0, 0.1) is 5.82 Å². The Bertz CT molecular complexity index is 558. The van der Waals surface area contributed by atoms with Gasteiger partial charge >= 0.3 is 0 Å². The molecule has 0 radical (unpaired) electrons. The minimum absolute atomic E-state index is 0.266. The molecule has 0 unspecified atom stereocenters. The first-order valence-electron chi connectivity index (χ1n) is 6.60. The summed E-state index contributed by atoms with van der Waals surface area (Å²) in [6.45, 7) is 8.25. The van der Waals surface area contributed by atoms with Gasteiger partial charge in [0.05, 0.1) is 5.69 Å². The quantitative estimate of drug-likeness (QED) is 0.903. The van der Waals surface area contributed by atoms with E-state index >= 15 is 0 Å². The lowest BCUT2D eigenvalue weighted by molar-refractivity contribution is 0.608. The minimum Gasteiger partial charge on any atom is -0.368 e. The van der Waals surface area contributed by atoms with Gasteiger partial charge in [0.2, 0.25) is 0 Å². The third-order valence-corrected chi connectivity index (χ3v) is 2.84. The molecule has 0 saturated heterocycles. The van der Waals surface area contributed by atoms with Gasteiger partial charge < -0.3 is 5.32 Å². The van der Waals surface area contributed by atoms with Gasteiger partial charge in [-0.2, -0.15) is 5.10 Å². The van der Waals surface area contributed by atoms with Crippen molar-refractivity contribution in [1.29, 1.82) is 0 Å². The second-order valence-electron chi connectivity index (χ2n) is 5.27. The van der Waals surface area contributed by atoms with Crippen LogP contribution in [-0.2, 0) is 0 Å². The summed E-state index contributed by atoms with van der Waals surface area (Å²) in [5.41, 5.74) is 1.42. The van der Waals surface area contributed by atoms with Gasteiger partial charge in [-0.3, -0.25) is 0 Å². The molecule has 1 heterocycles. The molecule has 0 saturated carbocycles. The molecule has 4 heteroatoms. The standard InChI is InChI=1S/C15H20FN3/c1-10(2)13-9-15(17-11(3)4)19(18-13)14-8-6-5-7-12(14)16/h5-11,17H,1-4H3. The molecule has 102 valence electrons. The van der Waals surface area contributed by atoms with Crippen LogP contribution in [0.1, 0.15) is 39.3 Å². The summed E-state index contributed by atoms with van der Waals surface area (Å²) in [6.07, 6.45) is 0. The van der Waals surface area contributed by atoms with Crippen LogP contribution >= 0.6 is 0 Å². The van der Waals surface area contributed by atoms with Gasteiger partial charge in [-0.15, -0.1) is 0 Å². The van der Waals surface area contributed by atoms with Gasteiger partial charge in [0.1, 0.15) is 17.3 Å². The SMILES string of the molecule is CC(C)Nc1cc(C(C)C)nn1-c1ccccc1F. The predicted octanol–water partition coefficient (Wildman–Crippen LogP) is 3.96. The van der Waals surface area contributed by atoms with Crippen molar-refractivity contribution in [1.82, 2.24) is 9.78 Å². The van der Waals surface area contributed by atoms with E-state index in [0.29, 0.717) is 11.6 Å². The monoisotopic (exact) mass is 261 g/mol. The molecule has 0 atom stereocenters. The van der Waals surface area contributed by atoms with Crippen LogP contribution in [0.2, 0.25) is 0 Å². The highest BCUT2D eigenvalue weighted by atomic mass is 19.1. The third-order valence-electron chi connectivity index (χ3n) is 2.84. The van der Waals surface area contributed by atoms with Crippen LogP contribution in [0.5, 0.6) is 0 Å². The summed E-state index contributed by atoms with van der Waals surface area (Å²) >= 11 is 0. The molecule has 0 fully saturated rings. The van der Waals surface area contributed by atoms with Crippen LogP contribution in [0.3, 0.4) is 0 Å². The molecule has 0 aliphatic carbocycles. The van der Waals surface area contributed by atoms with E-state index in [1.54, 1.807) is 16.8 Å². The van der Waals surface area contributed by atoms with Crippen molar-refractivity contribution >= 4 is 5.82 Å². The number of nitrogens with one attached hydrogen (secondary N) is 1. The summed E-state index contributed by atoms with van der Waals surface area (Å²) in [7, 11) is 0. The van der Waals surface area contributed by atoms with Crippen LogP contribution < -0.4 is 5.32 Å². The van der Waals surface area contributed by atoms with E-state index in [-0.39, 0.29) is 11.9 Å². The van der Waals surface area contributed by atoms with Crippen molar-refractivity contribution in [3.8, 4) is 5.69 Å². The van der Waals surface area contributed by atoms with Gasteiger partial charge in [-0.25, -0.2) is 9.07 Å². The number of para-hydroxylation sites is 1. The van der Waals surface area contributed by atoms with Crippen molar-refractivity contribution in [2.45, 2.75) is 39.7 Å². The Morgan fingerprint density at radius 2 is 1.84 bits per heavy atom. The molecule has 0 amide bonds. The average Bonchev–Trinajstić information content (AvgIpc) is 2.73. The number of nitrogens with zero attached hydrogens (tertiary/aromatic N) is 2. The molecule has 1 aromatic heterocycles. The molecule has 19 heavy (non-hydrogen) atoms. The number of aromatic nitrogens is 2. The van der Waals surface area contributed by atoms with Crippen LogP contribution in [0.4, 0.5) is 10.2 Å². The Kier molecular flexibility index (Phi) is 3.88.